The number of ether oxygens (including phenoxy) is 1. The Labute approximate surface area is 132 Å². The third-order valence-electron chi connectivity index (χ3n) is 3.68. The molecule has 0 amide bonds. The number of nitriles is 1. The van der Waals surface area contributed by atoms with Crippen molar-refractivity contribution in [1.82, 2.24) is 9.55 Å². The number of nitrogens with zero attached hydrogens (tertiary/aromatic N) is 3. The maximum atomic E-state index is 12.8. The van der Waals surface area contributed by atoms with Gasteiger partial charge >= 0.3 is 0 Å². The van der Waals surface area contributed by atoms with Gasteiger partial charge in [-0.1, -0.05) is 23.9 Å². The molecule has 2 aromatic rings. The van der Waals surface area contributed by atoms with E-state index in [1.54, 1.807) is 10.6 Å². The van der Waals surface area contributed by atoms with Crippen LogP contribution in [0.5, 0.6) is 0 Å². The summed E-state index contributed by atoms with van der Waals surface area (Å²) in [6.07, 6.45) is 2.53. The van der Waals surface area contributed by atoms with Gasteiger partial charge in [-0.3, -0.25) is 9.36 Å². The van der Waals surface area contributed by atoms with Gasteiger partial charge in [0.25, 0.3) is 5.56 Å². The second-order valence-electron chi connectivity index (χ2n) is 5.22. The number of hydrogen-bond donors (Lipinski definition) is 0. The van der Waals surface area contributed by atoms with E-state index in [0.717, 1.165) is 19.4 Å². The van der Waals surface area contributed by atoms with E-state index in [4.69, 9.17) is 10.00 Å². The molecule has 5 nitrogen and oxygen atoms in total. The average Bonchev–Trinajstić information content (AvgIpc) is 3.04. The third kappa shape index (κ3) is 3.16. The minimum atomic E-state index is -0.0273. The highest BCUT2D eigenvalue weighted by molar-refractivity contribution is 7.99. The lowest BCUT2D eigenvalue weighted by molar-refractivity contribution is 0.0937. The molecule has 1 aliphatic rings. The second kappa shape index (κ2) is 6.95. The van der Waals surface area contributed by atoms with Gasteiger partial charge in [0.1, 0.15) is 0 Å². The Balaban J connectivity index is 2.00. The molecule has 0 bridgehead atoms. The van der Waals surface area contributed by atoms with E-state index in [2.05, 4.69) is 11.1 Å². The van der Waals surface area contributed by atoms with Crippen molar-refractivity contribution in [2.75, 3.05) is 12.4 Å². The van der Waals surface area contributed by atoms with Crippen LogP contribution in [0, 0.1) is 11.3 Å². The van der Waals surface area contributed by atoms with Crippen LogP contribution >= 0.6 is 11.8 Å². The summed E-state index contributed by atoms with van der Waals surface area (Å²) in [5.41, 5.74) is 0.677. The Morgan fingerprint density at radius 2 is 2.32 bits per heavy atom. The molecule has 22 heavy (non-hydrogen) atoms. The molecule has 0 aliphatic carbocycles. The monoisotopic (exact) mass is 315 g/mol. The molecule has 3 rings (SSSR count). The topological polar surface area (TPSA) is 67.9 Å². The van der Waals surface area contributed by atoms with Gasteiger partial charge in [0.2, 0.25) is 0 Å². The maximum absolute atomic E-state index is 12.8. The molecule has 2 heterocycles. The molecule has 1 atom stereocenters. The van der Waals surface area contributed by atoms with E-state index in [9.17, 15) is 4.79 Å². The summed E-state index contributed by atoms with van der Waals surface area (Å²) in [4.78, 5) is 17.4. The fourth-order valence-corrected chi connectivity index (χ4v) is 3.45. The lowest BCUT2D eigenvalue weighted by atomic mass is 10.2. The molecule has 1 fully saturated rings. The van der Waals surface area contributed by atoms with Crippen LogP contribution in [0.2, 0.25) is 0 Å². The third-order valence-corrected chi connectivity index (χ3v) is 4.66. The Morgan fingerprint density at radius 1 is 1.45 bits per heavy atom. The summed E-state index contributed by atoms with van der Waals surface area (Å²) in [6.45, 7) is 1.29. The first-order valence-corrected chi connectivity index (χ1v) is 8.39. The maximum Gasteiger partial charge on any atom is 0.262 e. The van der Waals surface area contributed by atoms with Crippen molar-refractivity contribution in [3.63, 3.8) is 0 Å². The zero-order valence-electron chi connectivity index (χ0n) is 12.2. The van der Waals surface area contributed by atoms with E-state index in [-0.39, 0.29) is 11.7 Å². The lowest BCUT2D eigenvalue weighted by Gasteiger charge is -2.16. The van der Waals surface area contributed by atoms with Crippen LogP contribution < -0.4 is 5.56 Å². The van der Waals surface area contributed by atoms with Gasteiger partial charge in [-0.2, -0.15) is 5.26 Å². The molecule has 0 radical (unpaired) electrons. The van der Waals surface area contributed by atoms with Crippen LogP contribution in [0.3, 0.4) is 0 Å². The summed E-state index contributed by atoms with van der Waals surface area (Å²) in [5, 5.41) is 10.0. The number of hydrogen-bond acceptors (Lipinski definition) is 5. The van der Waals surface area contributed by atoms with Gasteiger partial charge < -0.3 is 4.74 Å². The van der Waals surface area contributed by atoms with Crippen molar-refractivity contribution >= 4 is 22.7 Å². The highest BCUT2D eigenvalue weighted by atomic mass is 32.2. The Kier molecular flexibility index (Phi) is 4.76. The normalized spacial score (nSPS) is 17.7. The molecule has 0 saturated carbocycles. The molecule has 1 saturated heterocycles. The van der Waals surface area contributed by atoms with Crippen molar-refractivity contribution in [3.8, 4) is 6.07 Å². The number of fused-ring (bicyclic) bond motifs is 1. The average molecular weight is 315 g/mol. The van der Waals surface area contributed by atoms with Crippen LogP contribution in [-0.2, 0) is 11.3 Å². The van der Waals surface area contributed by atoms with Crippen LogP contribution in [0.15, 0.2) is 34.2 Å². The highest BCUT2D eigenvalue weighted by Gasteiger charge is 2.20. The molecular formula is C16H17N3O2S. The van der Waals surface area contributed by atoms with Crippen LogP contribution in [0.25, 0.3) is 10.9 Å². The first kappa shape index (κ1) is 15.1. The van der Waals surface area contributed by atoms with E-state index in [1.165, 1.54) is 11.8 Å². The van der Waals surface area contributed by atoms with Crippen molar-refractivity contribution in [2.45, 2.75) is 37.1 Å². The summed E-state index contributed by atoms with van der Waals surface area (Å²) < 4.78 is 7.36. The van der Waals surface area contributed by atoms with Gasteiger partial charge in [-0.25, -0.2) is 4.98 Å². The Bertz CT molecular complexity index is 760. The zero-order chi connectivity index (χ0) is 15.4. The van der Waals surface area contributed by atoms with E-state index in [0.29, 0.717) is 34.8 Å². The highest BCUT2D eigenvalue weighted by Crippen LogP contribution is 2.21. The number of thioether (sulfide) groups is 1. The number of rotatable bonds is 5. The number of benzene rings is 1. The van der Waals surface area contributed by atoms with Crippen molar-refractivity contribution in [2.24, 2.45) is 0 Å². The minimum Gasteiger partial charge on any atom is -0.376 e. The molecule has 114 valence electrons. The van der Waals surface area contributed by atoms with Crippen LogP contribution in [0.4, 0.5) is 0 Å². The van der Waals surface area contributed by atoms with Gasteiger partial charge in [0.15, 0.2) is 5.16 Å². The van der Waals surface area contributed by atoms with Gasteiger partial charge in [-0.05, 0) is 25.0 Å². The Morgan fingerprint density at radius 3 is 3.09 bits per heavy atom. The molecule has 1 aliphatic heterocycles. The zero-order valence-corrected chi connectivity index (χ0v) is 13.0. The minimum absolute atomic E-state index is 0.0273. The van der Waals surface area contributed by atoms with Crippen molar-refractivity contribution < 1.29 is 4.74 Å². The first-order chi connectivity index (χ1) is 10.8. The molecule has 0 N–H and O–H groups in total. The predicted molar refractivity (Wildman–Crippen MR) is 85.9 cm³/mol. The summed E-state index contributed by atoms with van der Waals surface area (Å²) >= 11 is 1.46. The summed E-state index contributed by atoms with van der Waals surface area (Å²) in [7, 11) is 0. The fourth-order valence-electron chi connectivity index (χ4n) is 2.60. The van der Waals surface area contributed by atoms with Gasteiger partial charge in [0.05, 0.1) is 29.6 Å². The molecular weight excluding hydrogens is 298 g/mol. The number of para-hydroxylation sites is 1. The first-order valence-electron chi connectivity index (χ1n) is 7.40. The van der Waals surface area contributed by atoms with E-state index < -0.39 is 0 Å². The van der Waals surface area contributed by atoms with E-state index >= 15 is 0 Å². The quantitative estimate of drug-likeness (QED) is 0.482. The van der Waals surface area contributed by atoms with Crippen LogP contribution in [-0.4, -0.2) is 28.0 Å². The second-order valence-corrected chi connectivity index (χ2v) is 6.28. The van der Waals surface area contributed by atoms with Crippen LogP contribution in [0.1, 0.15) is 19.3 Å². The van der Waals surface area contributed by atoms with Gasteiger partial charge in [0, 0.05) is 18.8 Å². The van der Waals surface area contributed by atoms with Crippen molar-refractivity contribution in [3.05, 3.63) is 34.6 Å². The smallest absolute Gasteiger partial charge is 0.262 e. The standard InChI is InChI=1S/C16H17N3O2S/c17-8-4-10-22-16-18-14-7-2-1-6-13(14)15(20)19(16)11-12-5-3-9-21-12/h1-2,6-7,12H,3-5,9-11H2/t12-/m1/s1. The molecule has 1 aromatic heterocycles. The molecule has 1 aromatic carbocycles. The SMILES string of the molecule is N#CCCSc1nc2ccccc2c(=O)n1C[C@H]1CCCO1. The predicted octanol–water partition coefficient (Wildman–Crippen LogP) is 2.58. The van der Waals surface area contributed by atoms with Gasteiger partial charge in [-0.15, -0.1) is 0 Å². The van der Waals surface area contributed by atoms with Crippen molar-refractivity contribution in [1.29, 1.82) is 5.26 Å². The summed E-state index contributed by atoms with van der Waals surface area (Å²) in [6, 6.07) is 9.51. The number of aromatic nitrogens is 2. The Hall–Kier alpha value is -1.84. The fraction of sp³-hybridized carbons (Fsp3) is 0.438. The molecule has 0 unspecified atom stereocenters. The molecule has 6 heteroatoms. The molecule has 0 spiro atoms. The van der Waals surface area contributed by atoms with E-state index in [1.807, 2.05) is 18.2 Å². The summed E-state index contributed by atoms with van der Waals surface area (Å²) in [5.74, 6) is 0.632. The largest absolute Gasteiger partial charge is 0.376 e. The lowest BCUT2D eigenvalue weighted by Crippen LogP contribution is -2.28.